The minimum atomic E-state index is -1.09. The van der Waals surface area contributed by atoms with Gasteiger partial charge in [-0.1, -0.05) is 65.7 Å². The highest BCUT2D eigenvalue weighted by atomic mass is 35.5. The second kappa shape index (κ2) is 18.1. The van der Waals surface area contributed by atoms with Crippen molar-refractivity contribution in [1.82, 2.24) is 9.80 Å². The molecule has 0 aliphatic carbocycles. The molecule has 0 spiro atoms. The van der Waals surface area contributed by atoms with Crippen LogP contribution in [0.15, 0.2) is 71.9 Å². The van der Waals surface area contributed by atoms with Gasteiger partial charge in [0.1, 0.15) is 11.8 Å². The third-order valence-electron chi connectivity index (χ3n) is 10.7. The summed E-state index contributed by atoms with van der Waals surface area (Å²) in [5, 5.41) is 22.9. The minimum absolute atomic E-state index is 0.0197. The van der Waals surface area contributed by atoms with Gasteiger partial charge in [-0.25, -0.2) is 9.18 Å². The van der Waals surface area contributed by atoms with Crippen molar-refractivity contribution in [3.63, 3.8) is 0 Å². The zero-order chi connectivity index (χ0) is 39.9. The van der Waals surface area contributed by atoms with Crippen LogP contribution in [0, 0.1) is 11.7 Å². The fraction of sp³-hybridized carbons (Fsp3) is 0.381. The summed E-state index contributed by atoms with van der Waals surface area (Å²) < 4.78 is 14.8. The van der Waals surface area contributed by atoms with Crippen molar-refractivity contribution < 1.29 is 43.4 Å². The number of carbonyl (C=O) groups excluding carboxylic acids is 3. The molecule has 3 aromatic rings. The van der Waals surface area contributed by atoms with Gasteiger partial charge in [-0.05, 0) is 84.3 Å². The van der Waals surface area contributed by atoms with Gasteiger partial charge in [0, 0.05) is 44.5 Å². The van der Waals surface area contributed by atoms with Gasteiger partial charge in [-0.2, -0.15) is 0 Å². The molecule has 3 heterocycles. The average Bonchev–Trinajstić information content (AvgIpc) is 3.68. The van der Waals surface area contributed by atoms with Gasteiger partial charge >= 0.3 is 11.9 Å². The number of hydrogen-bond acceptors (Lipinski definition) is 9. The average molecular weight is 787 g/mol. The summed E-state index contributed by atoms with van der Waals surface area (Å²) >= 11 is 5.99. The fourth-order valence-corrected chi connectivity index (χ4v) is 7.91. The lowest BCUT2D eigenvalue weighted by Crippen LogP contribution is -2.48. The van der Waals surface area contributed by atoms with Gasteiger partial charge in [-0.3, -0.25) is 24.1 Å². The monoisotopic (exact) mass is 786 g/mol. The van der Waals surface area contributed by atoms with Crippen LogP contribution in [0.1, 0.15) is 82.7 Å². The fourth-order valence-electron chi connectivity index (χ4n) is 7.73. The van der Waals surface area contributed by atoms with Crippen LogP contribution in [0.25, 0.3) is 5.57 Å². The van der Waals surface area contributed by atoms with Crippen molar-refractivity contribution in [2.75, 3.05) is 32.7 Å². The Labute approximate surface area is 328 Å². The van der Waals surface area contributed by atoms with Gasteiger partial charge in [-0.15, -0.1) is 0 Å². The molecule has 0 saturated carbocycles. The first-order valence-electron chi connectivity index (χ1n) is 18.8. The molecule has 0 radical (unpaired) electrons. The van der Waals surface area contributed by atoms with Crippen molar-refractivity contribution in [2.24, 2.45) is 16.8 Å². The Hall–Kier alpha value is -5.24. The van der Waals surface area contributed by atoms with Crippen LogP contribution in [0.5, 0.6) is 0 Å². The highest BCUT2D eigenvalue weighted by molar-refractivity contribution is 6.31. The summed E-state index contributed by atoms with van der Waals surface area (Å²) in [5.41, 5.74) is 10.2. The molecule has 1 amide bonds. The van der Waals surface area contributed by atoms with Crippen LogP contribution in [0.3, 0.4) is 0 Å². The summed E-state index contributed by atoms with van der Waals surface area (Å²) in [4.78, 5) is 73.7. The van der Waals surface area contributed by atoms with Crippen molar-refractivity contribution in [3.8, 4) is 0 Å². The van der Waals surface area contributed by atoms with Crippen molar-refractivity contribution >= 4 is 52.3 Å². The van der Waals surface area contributed by atoms with E-state index in [1.807, 2.05) is 23.1 Å². The van der Waals surface area contributed by atoms with E-state index in [1.54, 1.807) is 18.2 Å². The van der Waals surface area contributed by atoms with Gasteiger partial charge < -0.3 is 25.7 Å². The number of amides is 1. The first-order chi connectivity index (χ1) is 26.9. The zero-order valence-electron chi connectivity index (χ0n) is 30.8. The van der Waals surface area contributed by atoms with E-state index in [2.05, 4.69) is 11.2 Å². The van der Waals surface area contributed by atoms with E-state index in [9.17, 15) is 38.6 Å². The number of aliphatic carboxylic acids is 1. The summed E-state index contributed by atoms with van der Waals surface area (Å²) in [6.45, 7) is 1.90. The number of hydrogen-bond donors (Lipinski definition) is 3. The number of nitrogens with two attached hydrogens (primary N) is 1. The predicted molar refractivity (Wildman–Crippen MR) is 207 cm³/mol. The number of aromatic carboxylic acids is 1. The minimum Gasteiger partial charge on any atom is -0.481 e. The first kappa shape index (κ1) is 40.4. The maximum Gasteiger partial charge on any atom is 0.335 e. The Morgan fingerprint density at radius 2 is 1.71 bits per heavy atom. The topological polar surface area (TPSA) is 180 Å². The maximum absolute atomic E-state index is 14.8. The number of Topliss-reactive ketones (excluding diaryl/α,β-unsaturated/α-hetero) is 2. The lowest BCUT2D eigenvalue weighted by molar-refractivity contribution is -0.149. The largest absolute Gasteiger partial charge is 0.481 e. The third kappa shape index (κ3) is 9.23. The molecule has 3 atom stereocenters. The Morgan fingerprint density at radius 3 is 2.41 bits per heavy atom. The van der Waals surface area contributed by atoms with Gasteiger partial charge in [0.05, 0.1) is 28.8 Å². The predicted octanol–water partition coefficient (Wildman–Crippen LogP) is 5.49. The molecule has 56 heavy (non-hydrogen) atoms. The number of halogens is 2. The van der Waals surface area contributed by atoms with Gasteiger partial charge in [0.2, 0.25) is 6.10 Å². The number of unbranched alkanes of at least 4 members (excludes halogenated alkanes) is 1. The summed E-state index contributed by atoms with van der Waals surface area (Å²) in [7, 11) is 0. The molecule has 3 aromatic carbocycles. The standard InChI is InChI=1S/C42H44ClFN4O8/c43-34-9-4-8-33(38(34)44)35-23-37(56-46-35)40(51)48-20-16-31-30(6-3-7-32(31)39(48)36(50)21-25-10-12-27(13-11-25)41(52)53)26-14-18-47(19-15-26)24-29(49)22-28(42(54)55)5-1-2-17-45/h3-4,6-14,28,37,39H,1-2,5,15-24,45H2,(H,52,53)(H,54,55)/t28-,37?,39?/m1/s1. The number of fused-ring (bicyclic) bond motifs is 1. The molecule has 2 unspecified atom stereocenters. The van der Waals surface area contributed by atoms with Crippen molar-refractivity contribution in [1.29, 1.82) is 0 Å². The molecule has 4 N–H and O–H groups in total. The number of carboxylic acids is 2. The molecule has 0 aromatic heterocycles. The van der Waals surface area contributed by atoms with Crippen LogP contribution in [-0.2, 0) is 36.9 Å². The molecule has 14 heteroatoms. The number of nitrogens with zero attached hydrogens (tertiary/aromatic N) is 3. The van der Waals surface area contributed by atoms with E-state index in [0.29, 0.717) is 62.9 Å². The van der Waals surface area contributed by atoms with E-state index in [0.717, 1.165) is 16.7 Å². The summed E-state index contributed by atoms with van der Waals surface area (Å²) in [5.74, 6) is -4.32. The SMILES string of the molecule is NCCCC[C@H](CC(=O)CN1CC=C(c2cccc3c2CCN(C(=O)C2CC(c4cccc(Cl)c4F)=NO2)C3C(=O)Cc2ccc(C(=O)O)cc2)CC1)C(=O)O. The number of ketones is 2. The van der Waals surface area contributed by atoms with Crippen LogP contribution in [0.2, 0.25) is 5.02 Å². The molecule has 12 nitrogen and oxygen atoms in total. The van der Waals surface area contributed by atoms with Crippen LogP contribution < -0.4 is 5.73 Å². The molecular weight excluding hydrogens is 743 g/mol. The zero-order valence-corrected chi connectivity index (χ0v) is 31.6. The lowest BCUT2D eigenvalue weighted by Gasteiger charge is -2.38. The normalized spacial score (nSPS) is 18.7. The Bertz CT molecular complexity index is 2070. The van der Waals surface area contributed by atoms with Crippen molar-refractivity contribution in [2.45, 2.75) is 63.5 Å². The van der Waals surface area contributed by atoms with Gasteiger partial charge in [0.15, 0.2) is 11.6 Å². The third-order valence-corrected chi connectivity index (χ3v) is 11.0. The smallest absolute Gasteiger partial charge is 0.335 e. The second-order valence-electron chi connectivity index (χ2n) is 14.4. The van der Waals surface area contributed by atoms with E-state index in [1.165, 1.54) is 29.2 Å². The maximum atomic E-state index is 14.8. The van der Waals surface area contributed by atoms with E-state index >= 15 is 0 Å². The van der Waals surface area contributed by atoms with Crippen LogP contribution >= 0.6 is 11.6 Å². The van der Waals surface area contributed by atoms with E-state index in [-0.39, 0.29) is 65.8 Å². The van der Waals surface area contributed by atoms with Crippen molar-refractivity contribution in [3.05, 3.63) is 111 Å². The van der Waals surface area contributed by atoms with E-state index in [4.69, 9.17) is 22.2 Å². The summed E-state index contributed by atoms with van der Waals surface area (Å²) in [6, 6.07) is 15.2. The number of carbonyl (C=O) groups is 5. The molecule has 6 rings (SSSR count). The second-order valence-corrected chi connectivity index (χ2v) is 14.8. The molecule has 3 aliphatic rings. The van der Waals surface area contributed by atoms with Crippen LogP contribution in [-0.4, -0.2) is 94.0 Å². The van der Waals surface area contributed by atoms with Crippen LogP contribution in [0.4, 0.5) is 4.39 Å². The van der Waals surface area contributed by atoms with Gasteiger partial charge in [0.25, 0.3) is 5.91 Å². The number of rotatable bonds is 16. The number of benzene rings is 3. The molecule has 3 aliphatic heterocycles. The first-order valence-corrected chi connectivity index (χ1v) is 19.1. The Balaban J connectivity index is 1.22. The highest BCUT2D eigenvalue weighted by Crippen LogP contribution is 2.38. The molecular formula is C42H44ClFN4O8. The quantitative estimate of drug-likeness (QED) is 0.157. The van der Waals surface area contributed by atoms with E-state index < -0.39 is 41.7 Å². The Morgan fingerprint density at radius 1 is 0.964 bits per heavy atom. The molecule has 0 saturated heterocycles. The molecule has 0 fully saturated rings. The summed E-state index contributed by atoms with van der Waals surface area (Å²) in [6.07, 6.45) is 3.70. The molecule has 294 valence electrons. The lowest BCUT2D eigenvalue weighted by atomic mass is 9.82. The number of oxime groups is 1. The molecule has 0 bridgehead atoms. The Kier molecular flexibility index (Phi) is 13.1. The highest BCUT2D eigenvalue weighted by Gasteiger charge is 2.42. The number of carboxylic acid groups (broad SMARTS) is 2.